The number of amides is 1. The topological polar surface area (TPSA) is 110 Å². The third-order valence-corrected chi connectivity index (χ3v) is 3.25. The van der Waals surface area contributed by atoms with Crippen LogP contribution in [-0.4, -0.2) is 25.8 Å². The van der Waals surface area contributed by atoms with Crippen molar-refractivity contribution in [3.8, 4) is 0 Å². The zero-order chi connectivity index (χ0) is 15.0. The van der Waals surface area contributed by atoms with Crippen molar-refractivity contribution in [3.63, 3.8) is 0 Å². The number of nitrogens with one attached hydrogen (secondary N) is 2. The van der Waals surface area contributed by atoms with Crippen molar-refractivity contribution in [3.05, 3.63) is 40.8 Å². The number of nitrogens with zero attached hydrogens (tertiary/aromatic N) is 3. The van der Waals surface area contributed by atoms with Gasteiger partial charge in [-0.3, -0.25) is 10.1 Å². The van der Waals surface area contributed by atoms with Crippen LogP contribution in [0.1, 0.15) is 15.9 Å². The van der Waals surface area contributed by atoms with E-state index < -0.39 is 0 Å². The summed E-state index contributed by atoms with van der Waals surface area (Å²) in [7, 11) is 0. The number of hydrogen-bond donors (Lipinski definition) is 3. The van der Waals surface area contributed by atoms with E-state index in [9.17, 15) is 4.79 Å². The van der Waals surface area contributed by atoms with Gasteiger partial charge in [-0.1, -0.05) is 17.7 Å². The Hall–Kier alpha value is -2.67. The molecular formula is C13H11ClN6O. The fourth-order valence-electron chi connectivity index (χ4n) is 1.91. The Morgan fingerprint density at radius 1 is 1.38 bits per heavy atom. The fourth-order valence-corrected chi connectivity index (χ4v) is 2.13. The van der Waals surface area contributed by atoms with E-state index >= 15 is 0 Å². The van der Waals surface area contributed by atoms with Gasteiger partial charge < -0.3 is 10.7 Å². The number of fused-ring (bicyclic) bond motifs is 1. The lowest BCUT2D eigenvalue weighted by Crippen LogP contribution is -2.16. The predicted octanol–water partition coefficient (Wildman–Crippen LogP) is 2.15. The van der Waals surface area contributed by atoms with Crippen LogP contribution in [0.15, 0.2) is 24.5 Å². The van der Waals surface area contributed by atoms with E-state index in [2.05, 4.69) is 25.3 Å². The molecule has 4 N–H and O–H groups in total. The van der Waals surface area contributed by atoms with Gasteiger partial charge in [-0.15, -0.1) is 0 Å². The van der Waals surface area contributed by atoms with Gasteiger partial charge >= 0.3 is 0 Å². The Balaban J connectivity index is 1.94. The number of rotatable bonds is 2. The molecule has 0 saturated heterocycles. The second kappa shape index (κ2) is 5.02. The second-order valence-electron chi connectivity index (χ2n) is 4.47. The first-order valence-electron chi connectivity index (χ1n) is 6.08. The second-order valence-corrected chi connectivity index (χ2v) is 4.83. The number of H-pyrrole nitrogens is 1. The molecular weight excluding hydrogens is 292 g/mol. The minimum atomic E-state index is -0.356. The zero-order valence-corrected chi connectivity index (χ0v) is 11.8. The molecule has 8 heteroatoms. The maximum Gasteiger partial charge on any atom is 0.258 e. The average molecular weight is 303 g/mol. The molecule has 0 aliphatic rings. The Morgan fingerprint density at radius 3 is 3.00 bits per heavy atom. The fraction of sp³-hybridized carbons (Fsp3) is 0.0769. The summed E-state index contributed by atoms with van der Waals surface area (Å²) in [5.41, 5.74) is 8.37. The minimum absolute atomic E-state index is 0.0893. The first-order chi connectivity index (χ1) is 10.0. The highest BCUT2D eigenvalue weighted by Gasteiger charge is 2.14. The van der Waals surface area contributed by atoms with Gasteiger partial charge in [-0.05, 0) is 24.6 Å². The van der Waals surface area contributed by atoms with Gasteiger partial charge in [0.2, 0.25) is 5.95 Å². The smallest absolute Gasteiger partial charge is 0.258 e. The summed E-state index contributed by atoms with van der Waals surface area (Å²) in [4.78, 5) is 27.2. The van der Waals surface area contributed by atoms with E-state index in [0.29, 0.717) is 22.4 Å². The third kappa shape index (κ3) is 2.50. The lowest BCUT2D eigenvalue weighted by atomic mass is 10.1. The molecule has 2 heterocycles. The Bertz CT molecular complexity index is 844. The molecule has 0 saturated carbocycles. The largest absolute Gasteiger partial charge is 0.399 e. The number of hydrogen-bond acceptors (Lipinski definition) is 5. The van der Waals surface area contributed by atoms with Crippen molar-refractivity contribution in [1.29, 1.82) is 0 Å². The molecule has 0 aliphatic carbocycles. The number of anilines is 2. The number of aromatic nitrogens is 4. The summed E-state index contributed by atoms with van der Waals surface area (Å²) in [6.45, 7) is 1.82. The van der Waals surface area contributed by atoms with Crippen LogP contribution < -0.4 is 11.1 Å². The summed E-state index contributed by atoms with van der Waals surface area (Å²) in [5, 5.41) is 2.79. The van der Waals surface area contributed by atoms with Crippen molar-refractivity contribution in [2.75, 3.05) is 11.1 Å². The molecule has 0 spiro atoms. The SMILES string of the molecule is Cc1ccc(N)cc1C(=O)Nc1nc(Cl)c2[nH]cnc2n1. The molecule has 1 aromatic carbocycles. The number of carbonyl (C=O) groups is 1. The van der Waals surface area contributed by atoms with Crippen LogP contribution >= 0.6 is 11.6 Å². The first kappa shape index (κ1) is 13.3. The molecule has 3 rings (SSSR count). The molecule has 21 heavy (non-hydrogen) atoms. The molecule has 0 unspecified atom stereocenters. The molecule has 3 aromatic rings. The van der Waals surface area contributed by atoms with E-state index in [1.807, 2.05) is 6.92 Å². The number of imidazole rings is 1. The van der Waals surface area contributed by atoms with E-state index in [4.69, 9.17) is 17.3 Å². The van der Waals surface area contributed by atoms with E-state index in [1.165, 1.54) is 6.33 Å². The van der Waals surface area contributed by atoms with Gasteiger partial charge in [-0.2, -0.15) is 9.97 Å². The van der Waals surface area contributed by atoms with Crippen LogP contribution in [-0.2, 0) is 0 Å². The molecule has 106 valence electrons. The minimum Gasteiger partial charge on any atom is -0.399 e. The highest BCUT2D eigenvalue weighted by molar-refractivity contribution is 6.33. The maximum atomic E-state index is 12.3. The van der Waals surface area contributed by atoms with Gasteiger partial charge in [-0.25, -0.2) is 4.98 Å². The normalized spacial score (nSPS) is 10.8. The summed E-state index contributed by atoms with van der Waals surface area (Å²) in [5.74, 6) is -0.267. The van der Waals surface area contributed by atoms with Crippen LogP contribution in [0, 0.1) is 6.92 Å². The lowest BCUT2D eigenvalue weighted by Gasteiger charge is -2.07. The summed E-state index contributed by atoms with van der Waals surface area (Å²) in [6, 6.07) is 5.10. The Labute approximate surface area is 124 Å². The van der Waals surface area contributed by atoms with E-state index in [0.717, 1.165) is 5.56 Å². The van der Waals surface area contributed by atoms with Crippen LogP contribution in [0.25, 0.3) is 11.2 Å². The Morgan fingerprint density at radius 2 is 2.19 bits per heavy atom. The number of nitrogen functional groups attached to an aromatic ring is 1. The third-order valence-electron chi connectivity index (χ3n) is 2.97. The molecule has 0 atom stereocenters. The molecule has 7 nitrogen and oxygen atoms in total. The predicted molar refractivity (Wildman–Crippen MR) is 80.2 cm³/mol. The summed E-state index contributed by atoms with van der Waals surface area (Å²) in [6.07, 6.45) is 1.46. The van der Waals surface area contributed by atoms with Gasteiger partial charge in [0.1, 0.15) is 5.52 Å². The monoisotopic (exact) mass is 302 g/mol. The quantitative estimate of drug-likeness (QED) is 0.496. The number of halogens is 1. The van der Waals surface area contributed by atoms with Crippen LogP contribution in [0.4, 0.5) is 11.6 Å². The van der Waals surface area contributed by atoms with Crippen LogP contribution in [0.3, 0.4) is 0 Å². The van der Waals surface area contributed by atoms with Crippen LogP contribution in [0.2, 0.25) is 5.15 Å². The standard InChI is InChI=1S/C13H11ClN6O/c1-6-2-3-7(15)4-8(6)12(21)20-13-18-10(14)9-11(19-13)17-5-16-9/h2-5H,15H2,1H3,(H2,16,17,18,19,20,21). The number of carbonyl (C=O) groups excluding carboxylic acids is 1. The molecule has 0 fully saturated rings. The molecule has 0 bridgehead atoms. The van der Waals surface area contributed by atoms with E-state index in [1.54, 1.807) is 18.2 Å². The van der Waals surface area contributed by atoms with Gasteiger partial charge in [0, 0.05) is 11.3 Å². The summed E-state index contributed by atoms with van der Waals surface area (Å²) >= 11 is 6.00. The maximum absolute atomic E-state index is 12.3. The van der Waals surface area contributed by atoms with Crippen molar-refractivity contribution in [2.45, 2.75) is 6.92 Å². The van der Waals surface area contributed by atoms with Crippen LogP contribution in [0.5, 0.6) is 0 Å². The number of aromatic amines is 1. The number of benzene rings is 1. The highest BCUT2D eigenvalue weighted by atomic mass is 35.5. The molecule has 0 radical (unpaired) electrons. The number of aryl methyl sites for hydroxylation is 1. The van der Waals surface area contributed by atoms with Gasteiger partial charge in [0.15, 0.2) is 10.8 Å². The van der Waals surface area contributed by atoms with Crippen molar-refractivity contribution < 1.29 is 4.79 Å². The molecule has 1 amide bonds. The highest BCUT2D eigenvalue weighted by Crippen LogP contribution is 2.19. The first-order valence-corrected chi connectivity index (χ1v) is 6.46. The molecule has 2 aromatic heterocycles. The number of nitrogens with two attached hydrogens (primary N) is 1. The van der Waals surface area contributed by atoms with Crippen molar-refractivity contribution >= 4 is 40.3 Å². The lowest BCUT2D eigenvalue weighted by molar-refractivity contribution is 0.102. The van der Waals surface area contributed by atoms with E-state index in [-0.39, 0.29) is 17.0 Å². The van der Waals surface area contributed by atoms with Crippen molar-refractivity contribution in [1.82, 2.24) is 19.9 Å². The van der Waals surface area contributed by atoms with Gasteiger partial charge in [0.05, 0.1) is 6.33 Å². The summed E-state index contributed by atoms with van der Waals surface area (Å²) < 4.78 is 0. The zero-order valence-electron chi connectivity index (χ0n) is 11.0. The molecule has 0 aliphatic heterocycles. The van der Waals surface area contributed by atoms with Crippen molar-refractivity contribution in [2.24, 2.45) is 0 Å². The Kier molecular flexibility index (Phi) is 3.19. The van der Waals surface area contributed by atoms with Gasteiger partial charge in [0.25, 0.3) is 5.91 Å². The average Bonchev–Trinajstić information content (AvgIpc) is 2.90.